The number of halogens is 1. The van der Waals surface area contributed by atoms with Gasteiger partial charge in [0.05, 0.1) is 13.1 Å². The van der Waals surface area contributed by atoms with Crippen molar-refractivity contribution in [2.75, 3.05) is 23.3 Å². The monoisotopic (exact) mass is 391 g/mol. The minimum absolute atomic E-state index is 0.0913. The number of anilines is 2. The number of nitrogens with two attached hydrogens (primary N) is 1. The van der Waals surface area contributed by atoms with E-state index in [9.17, 15) is 9.18 Å². The molecule has 1 saturated heterocycles. The van der Waals surface area contributed by atoms with E-state index < -0.39 is 5.91 Å². The minimum atomic E-state index is -0.427. The maximum atomic E-state index is 13.0. The van der Waals surface area contributed by atoms with Crippen LogP contribution < -0.4 is 20.7 Å². The van der Waals surface area contributed by atoms with Crippen molar-refractivity contribution in [1.29, 1.82) is 0 Å². The third-order valence-electron chi connectivity index (χ3n) is 4.88. The Morgan fingerprint density at radius 2 is 1.83 bits per heavy atom. The number of hydrogen-bond donors (Lipinski definition) is 2. The number of benzene rings is 3. The number of hydrogen-bond acceptors (Lipinski definition) is 4. The number of carbonyl (C=O) groups is 1. The van der Waals surface area contributed by atoms with Gasteiger partial charge in [0.1, 0.15) is 17.7 Å². The van der Waals surface area contributed by atoms with Crippen molar-refractivity contribution >= 4 is 17.3 Å². The molecule has 6 heteroatoms. The van der Waals surface area contributed by atoms with Gasteiger partial charge in [-0.3, -0.25) is 4.79 Å². The van der Waals surface area contributed by atoms with Crippen LogP contribution in [-0.4, -0.2) is 25.1 Å². The van der Waals surface area contributed by atoms with Gasteiger partial charge in [-0.2, -0.15) is 0 Å². The average Bonchev–Trinajstić information content (AvgIpc) is 2.70. The topological polar surface area (TPSA) is 67.6 Å². The van der Waals surface area contributed by atoms with E-state index >= 15 is 0 Å². The highest BCUT2D eigenvalue weighted by Gasteiger charge is 2.28. The second-order valence-corrected chi connectivity index (χ2v) is 7.07. The van der Waals surface area contributed by atoms with Crippen LogP contribution in [0.25, 0.3) is 0 Å². The Labute approximate surface area is 168 Å². The van der Waals surface area contributed by atoms with Crippen molar-refractivity contribution in [2.24, 2.45) is 5.73 Å². The standard InChI is InChI=1S/C23H22FN3O2/c24-18-7-9-21(10-8-18)29-22-14-27(15-22)20-6-2-5-19(12-20)26-13-16-3-1-4-17(11-16)23(25)28/h1-12,22,26H,13-15H2,(H2,25,28). The molecule has 0 bridgehead atoms. The van der Waals surface area contributed by atoms with Gasteiger partial charge in [0, 0.05) is 23.5 Å². The molecule has 0 spiro atoms. The van der Waals surface area contributed by atoms with Crippen molar-refractivity contribution in [2.45, 2.75) is 12.6 Å². The van der Waals surface area contributed by atoms with E-state index in [0.29, 0.717) is 17.9 Å². The second-order valence-electron chi connectivity index (χ2n) is 7.07. The van der Waals surface area contributed by atoms with Gasteiger partial charge < -0.3 is 20.7 Å². The summed E-state index contributed by atoms with van der Waals surface area (Å²) < 4.78 is 18.8. The number of nitrogens with zero attached hydrogens (tertiary/aromatic N) is 1. The van der Waals surface area contributed by atoms with Crippen LogP contribution in [0.2, 0.25) is 0 Å². The van der Waals surface area contributed by atoms with Gasteiger partial charge in [0.25, 0.3) is 0 Å². The van der Waals surface area contributed by atoms with Crippen molar-refractivity contribution in [1.82, 2.24) is 0 Å². The molecule has 0 aromatic heterocycles. The molecule has 29 heavy (non-hydrogen) atoms. The van der Waals surface area contributed by atoms with E-state index in [4.69, 9.17) is 10.5 Å². The Hall–Kier alpha value is -3.54. The van der Waals surface area contributed by atoms with Crippen LogP contribution in [0.5, 0.6) is 5.75 Å². The van der Waals surface area contributed by atoms with Crippen molar-refractivity contribution in [3.63, 3.8) is 0 Å². The summed E-state index contributed by atoms with van der Waals surface area (Å²) in [4.78, 5) is 13.5. The molecule has 1 aliphatic heterocycles. The summed E-state index contributed by atoms with van der Waals surface area (Å²) in [5, 5.41) is 3.38. The highest BCUT2D eigenvalue weighted by Crippen LogP contribution is 2.26. The van der Waals surface area contributed by atoms with E-state index in [0.717, 1.165) is 30.0 Å². The number of nitrogens with one attached hydrogen (secondary N) is 1. The van der Waals surface area contributed by atoms with E-state index in [1.54, 1.807) is 24.3 Å². The fraction of sp³-hybridized carbons (Fsp3) is 0.174. The van der Waals surface area contributed by atoms with Crippen molar-refractivity contribution in [3.05, 3.63) is 89.7 Å². The number of primary amides is 1. The largest absolute Gasteiger partial charge is 0.487 e. The molecule has 0 atom stereocenters. The first-order valence-corrected chi connectivity index (χ1v) is 9.47. The molecule has 1 fully saturated rings. The van der Waals surface area contributed by atoms with Crippen LogP contribution in [0.15, 0.2) is 72.8 Å². The molecule has 3 N–H and O–H groups in total. The Morgan fingerprint density at radius 3 is 2.59 bits per heavy atom. The zero-order valence-corrected chi connectivity index (χ0v) is 15.8. The molecular weight excluding hydrogens is 369 g/mol. The van der Waals surface area contributed by atoms with Crippen LogP contribution in [-0.2, 0) is 6.54 Å². The number of rotatable bonds is 7. The lowest BCUT2D eigenvalue weighted by Gasteiger charge is -2.40. The Balaban J connectivity index is 1.32. The maximum absolute atomic E-state index is 13.0. The molecule has 5 nitrogen and oxygen atoms in total. The van der Waals surface area contributed by atoms with Gasteiger partial charge in [-0.05, 0) is 60.2 Å². The van der Waals surface area contributed by atoms with Crippen LogP contribution in [0.3, 0.4) is 0 Å². The summed E-state index contributed by atoms with van der Waals surface area (Å²) in [5.74, 6) is -0.00745. The minimum Gasteiger partial charge on any atom is -0.487 e. The molecule has 0 aliphatic carbocycles. The first-order chi connectivity index (χ1) is 14.1. The summed E-state index contributed by atoms with van der Waals surface area (Å²) in [5.41, 5.74) is 8.94. The van der Waals surface area contributed by atoms with Gasteiger partial charge in [-0.15, -0.1) is 0 Å². The van der Waals surface area contributed by atoms with Gasteiger partial charge in [0.15, 0.2) is 0 Å². The maximum Gasteiger partial charge on any atom is 0.248 e. The highest BCUT2D eigenvalue weighted by molar-refractivity contribution is 5.92. The molecular formula is C23H22FN3O2. The van der Waals surface area contributed by atoms with Crippen molar-refractivity contribution in [3.8, 4) is 5.75 Å². The molecule has 3 aromatic rings. The smallest absolute Gasteiger partial charge is 0.248 e. The predicted molar refractivity (Wildman–Crippen MR) is 112 cm³/mol. The zero-order chi connectivity index (χ0) is 20.2. The number of ether oxygens (including phenoxy) is 1. The summed E-state index contributed by atoms with van der Waals surface area (Å²) in [7, 11) is 0. The predicted octanol–water partition coefficient (Wildman–Crippen LogP) is 3.80. The van der Waals surface area contributed by atoms with Crippen LogP contribution in [0.1, 0.15) is 15.9 Å². The number of amides is 1. The van der Waals surface area contributed by atoms with Crippen LogP contribution in [0, 0.1) is 5.82 Å². The van der Waals surface area contributed by atoms with Gasteiger partial charge in [-0.1, -0.05) is 18.2 Å². The molecule has 0 radical (unpaired) electrons. The van der Waals surface area contributed by atoms with Crippen LogP contribution >= 0.6 is 0 Å². The average molecular weight is 391 g/mol. The van der Waals surface area contributed by atoms with Crippen LogP contribution in [0.4, 0.5) is 15.8 Å². The van der Waals surface area contributed by atoms with E-state index in [-0.39, 0.29) is 11.9 Å². The lowest BCUT2D eigenvalue weighted by molar-refractivity contribution is 0.1000. The molecule has 1 aliphatic rings. The molecule has 0 saturated carbocycles. The normalized spacial score (nSPS) is 13.6. The first-order valence-electron chi connectivity index (χ1n) is 9.47. The summed E-state index contributed by atoms with van der Waals surface area (Å²) in [6.07, 6.45) is 0.0913. The lowest BCUT2D eigenvalue weighted by atomic mass is 10.1. The Morgan fingerprint density at radius 1 is 1.07 bits per heavy atom. The molecule has 1 amide bonds. The molecule has 1 heterocycles. The quantitative estimate of drug-likeness (QED) is 0.643. The molecule has 4 rings (SSSR count). The molecule has 3 aromatic carbocycles. The third kappa shape index (κ3) is 4.66. The van der Waals surface area contributed by atoms with E-state index in [1.807, 2.05) is 24.3 Å². The summed E-state index contributed by atoms with van der Waals surface area (Å²) in [6, 6.07) is 21.6. The lowest BCUT2D eigenvalue weighted by Crippen LogP contribution is -2.54. The Bertz CT molecular complexity index is 1000. The summed E-state index contributed by atoms with van der Waals surface area (Å²) in [6.45, 7) is 2.16. The first kappa shape index (κ1) is 18.8. The van der Waals surface area contributed by atoms with Gasteiger partial charge >= 0.3 is 0 Å². The van der Waals surface area contributed by atoms with Gasteiger partial charge in [0.2, 0.25) is 5.91 Å². The molecule has 148 valence electrons. The zero-order valence-electron chi connectivity index (χ0n) is 15.8. The third-order valence-corrected chi connectivity index (χ3v) is 4.88. The summed E-state index contributed by atoms with van der Waals surface area (Å²) >= 11 is 0. The number of carbonyl (C=O) groups excluding carboxylic acids is 1. The highest BCUT2D eigenvalue weighted by atomic mass is 19.1. The SMILES string of the molecule is NC(=O)c1cccc(CNc2cccc(N3CC(Oc4ccc(F)cc4)C3)c2)c1. The fourth-order valence-corrected chi connectivity index (χ4v) is 3.28. The Kier molecular flexibility index (Phi) is 5.33. The van der Waals surface area contributed by atoms with E-state index in [2.05, 4.69) is 22.3 Å². The second kappa shape index (κ2) is 8.22. The molecule has 0 unspecified atom stereocenters. The van der Waals surface area contributed by atoms with Crippen molar-refractivity contribution < 1.29 is 13.9 Å². The van der Waals surface area contributed by atoms with Gasteiger partial charge in [-0.25, -0.2) is 4.39 Å². The fourth-order valence-electron chi connectivity index (χ4n) is 3.28. The van der Waals surface area contributed by atoms with E-state index in [1.165, 1.54) is 12.1 Å².